The molecule has 1 aliphatic carbocycles. The van der Waals surface area contributed by atoms with Gasteiger partial charge in [-0.2, -0.15) is 0 Å². The minimum absolute atomic E-state index is 0.0208. The molecule has 7 nitrogen and oxygen atoms in total. The Labute approximate surface area is 244 Å². The zero-order chi connectivity index (χ0) is 29.1. The van der Waals surface area contributed by atoms with Gasteiger partial charge in [0.1, 0.15) is 0 Å². The van der Waals surface area contributed by atoms with Crippen molar-refractivity contribution < 1.29 is 9.59 Å². The van der Waals surface area contributed by atoms with Crippen molar-refractivity contribution in [3.8, 4) is 0 Å². The predicted octanol–water partition coefficient (Wildman–Crippen LogP) is 6.22. The fourth-order valence-electron chi connectivity index (χ4n) is 6.45. The summed E-state index contributed by atoms with van der Waals surface area (Å²) >= 11 is 0. The molecule has 2 aliphatic rings. The molecule has 1 fully saturated rings. The third-order valence-corrected chi connectivity index (χ3v) is 9.00. The third kappa shape index (κ3) is 6.45. The van der Waals surface area contributed by atoms with Gasteiger partial charge in [0.25, 0.3) is 5.91 Å². The fraction of sp³-hybridized carbons (Fsp3) is 0.529. The molecule has 41 heavy (non-hydrogen) atoms. The zero-order valence-electron chi connectivity index (χ0n) is 25.4. The molecule has 0 saturated heterocycles. The van der Waals surface area contributed by atoms with Crippen LogP contribution in [0.4, 0.5) is 5.69 Å². The Kier molecular flexibility index (Phi) is 9.03. The van der Waals surface area contributed by atoms with E-state index in [1.54, 1.807) is 0 Å². The molecule has 0 spiro atoms. The van der Waals surface area contributed by atoms with Crippen molar-refractivity contribution in [2.75, 3.05) is 31.1 Å². The highest BCUT2D eigenvalue weighted by molar-refractivity contribution is 5.98. The number of aromatic nitrogens is 2. The second-order valence-electron chi connectivity index (χ2n) is 12.2. The number of anilines is 1. The van der Waals surface area contributed by atoms with Crippen LogP contribution in [-0.2, 0) is 11.3 Å². The molecule has 5 rings (SSSR count). The molecule has 1 saturated carbocycles. The number of amides is 2. The maximum absolute atomic E-state index is 14.2. The van der Waals surface area contributed by atoms with Crippen molar-refractivity contribution >= 4 is 28.5 Å². The Morgan fingerprint density at radius 3 is 2.29 bits per heavy atom. The number of fused-ring (bicyclic) bond motifs is 2. The number of hydrogen-bond acceptors (Lipinski definition) is 5. The van der Waals surface area contributed by atoms with Crippen LogP contribution < -0.4 is 4.90 Å². The molecule has 7 heteroatoms. The number of para-hydroxylation sites is 1. The van der Waals surface area contributed by atoms with Crippen LogP contribution in [-0.4, -0.2) is 63.8 Å². The van der Waals surface area contributed by atoms with E-state index in [9.17, 15) is 9.59 Å². The first kappa shape index (κ1) is 29.2. The number of nitrogens with zero attached hydrogens (tertiary/aromatic N) is 5. The van der Waals surface area contributed by atoms with E-state index in [4.69, 9.17) is 4.98 Å². The lowest BCUT2D eigenvalue weighted by atomic mass is 9.87. The van der Waals surface area contributed by atoms with Crippen molar-refractivity contribution in [1.82, 2.24) is 19.8 Å². The molecule has 3 aromatic rings. The van der Waals surface area contributed by atoms with Gasteiger partial charge >= 0.3 is 0 Å². The molecule has 2 heterocycles. The number of carbonyl (C=O) groups excluding carboxylic acids is 2. The number of rotatable bonds is 3. The van der Waals surface area contributed by atoms with Crippen LogP contribution in [0.5, 0.6) is 0 Å². The average molecular weight is 556 g/mol. The Balaban J connectivity index is 1.53. The Hall–Kier alpha value is -3.32. The maximum atomic E-state index is 14.2. The molecule has 0 unspecified atom stereocenters. The van der Waals surface area contributed by atoms with Gasteiger partial charge < -0.3 is 9.80 Å². The van der Waals surface area contributed by atoms with Gasteiger partial charge in [-0.25, -0.2) is 9.97 Å². The van der Waals surface area contributed by atoms with E-state index in [0.29, 0.717) is 31.2 Å². The monoisotopic (exact) mass is 555 g/mol. The van der Waals surface area contributed by atoms with E-state index in [0.717, 1.165) is 84.4 Å². The van der Waals surface area contributed by atoms with Gasteiger partial charge in [0.15, 0.2) is 0 Å². The highest BCUT2D eigenvalue weighted by Crippen LogP contribution is 2.33. The van der Waals surface area contributed by atoms with E-state index in [1.165, 1.54) is 6.42 Å². The summed E-state index contributed by atoms with van der Waals surface area (Å²) in [6.45, 7) is 13.9. The third-order valence-electron chi connectivity index (χ3n) is 9.00. The molecule has 0 radical (unpaired) electrons. The van der Waals surface area contributed by atoms with Crippen LogP contribution in [0.2, 0.25) is 0 Å². The van der Waals surface area contributed by atoms with Gasteiger partial charge in [0.2, 0.25) is 5.91 Å². The zero-order valence-corrected chi connectivity index (χ0v) is 25.4. The second kappa shape index (κ2) is 12.7. The summed E-state index contributed by atoms with van der Waals surface area (Å²) in [6, 6.07) is 12.2. The summed E-state index contributed by atoms with van der Waals surface area (Å²) in [5.41, 5.74) is 7.04. The molecule has 0 N–H and O–H groups in total. The smallest absolute Gasteiger partial charge is 0.254 e. The molecule has 1 aromatic heterocycles. The number of carbonyl (C=O) groups is 2. The van der Waals surface area contributed by atoms with Crippen molar-refractivity contribution in [3.63, 3.8) is 0 Å². The summed E-state index contributed by atoms with van der Waals surface area (Å²) < 4.78 is 0. The van der Waals surface area contributed by atoms with Crippen LogP contribution in [0.25, 0.3) is 11.0 Å². The lowest BCUT2D eigenvalue weighted by Crippen LogP contribution is -2.41. The maximum Gasteiger partial charge on any atom is 0.254 e. The summed E-state index contributed by atoms with van der Waals surface area (Å²) in [7, 11) is 0. The first-order valence-electron chi connectivity index (χ1n) is 15.4. The van der Waals surface area contributed by atoms with Gasteiger partial charge in [-0.15, -0.1) is 0 Å². The van der Waals surface area contributed by atoms with Crippen molar-refractivity contribution in [2.24, 2.45) is 5.92 Å². The predicted molar refractivity (Wildman–Crippen MR) is 165 cm³/mol. The average Bonchev–Trinajstić information content (AvgIpc) is 3.00. The number of hydrogen-bond donors (Lipinski definition) is 0. The first-order chi connectivity index (χ1) is 19.7. The van der Waals surface area contributed by atoms with Gasteiger partial charge in [0, 0.05) is 50.2 Å². The molecule has 0 bridgehead atoms. The van der Waals surface area contributed by atoms with Crippen LogP contribution in [0.15, 0.2) is 36.4 Å². The topological polar surface area (TPSA) is 69.6 Å². The van der Waals surface area contributed by atoms with Crippen LogP contribution in [0, 0.1) is 26.7 Å². The molecule has 218 valence electrons. The Morgan fingerprint density at radius 2 is 1.56 bits per heavy atom. The fourth-order valence-corrected chi connectivity index (χ4v) is 6.45. The summed E-state index contributed by atoms with van der Waals surface area (Å²) in [4.78, 5) is 44.0. The highest BCUT2D eigenvalue weighted by atomic mass is 16.2. The van der Waals surface area contributed by atoms with Crippen LogP contribution in [0.3, 0.4) is 0 Å². The standard InChI is InChI=1S/C34H45N5O2/c1-23(2)37-17-10-18-39(34(41)27-12-7-6-8-13-27)32-24(3)11-9-14-29(32)22-38(20-19-37)33(40)28-15-16-30-31(21-28)36-26(5)25(4)35-30/h9,11,14-16,21,23,27H,6-8,10,12-13,17-20,22H2,1-5H3. The minimum atomic E-state index is -0.0208. The minimum Gasteiger partial charge on any atom is -0.333 e. The molecular weight excluding hydrogens is 510 g/mol. The van der Waals surface area contributed by atoms with Crippen LogP contribution in [0.1, 0.15) is 85.2 Å². The molecule has 0 atom stereocenters. The van der Waals surface area contributed by atoms with E-state index >= 15 is 0 Å². The van der Waals surface area contributed by atoms with E-state index in [2.05, 4.69) is 53.8 Å². The largest absolute Gasteiger partial charge is 0.333 e. The lowest BCUT2D eigenvalue weighted by molar-refractivity contribution is -0.123. The Bertz CT molecular complexity index is 1410. The van der Waals surface area contributed by atoms with Gasteiger partial charge in [-0.1, -0.05) is 37.5 Å². The second-order valence-corrected chi connectivity index (χ2v) is 12.2. The molecule has 2 aromatic carbocycles. The van der Waals surface area contributed by atoms with Crippen molar-refractivity contribution in [1.29, 1.82) is 0 Å². The normalized spacial score (nSPS) is 17.9. The highest BCUT2D eigenvalue weighted by Gasteiger charge is 2.30. The Morgan fingerprint density at radius 1 is 0.829 bits per heavy atom. The van der Waals surface area contributed by atoms with E-state index in [1.807, 2.05) is 36.9 Å². The number of benzene rings is 2. The summed E-state index contributed by atoms with van der Waals surface area (Å²) in [5, 5.41) is 0. The first-order valence-corrected chi connectivity index (χ1v) is 15.4. The number of aryl methyl sites for hydroxylation is 3. The van der Waals surface area contributed by atoms with Gasteiger partial charge in [-0.3, -0.25) is 14.5 Å². The lowest BCUT2D eigenvalue weighted by Gasteiger charge is -2.33. The molecule has 2 amide bonds. The van der Waals surface area contributed by atoms with Gasteiger partial charge in [-0.05, 0) is 83.2 Å². The molecule has 1 aliphatic heterocycles. The summed E-state index contributed by atoms with van der Waals surface area (Å²) in [6.07, 6.45) is 6.33. The molecular formula is C34H45N5O2. The SMILES string of the molecule is Cc1cccc2c1N(C(=O)C1CCCCC1)CCCN(C(C)C)CCN(C(=O)c1ccc3nc(C)c(C)nc3c1)C2. The van der Waals surface area contributed by atoms with Crippen molar-refractivity contribution in [2.45, 2.75) is 85.7 Å². The quantitative estimate of drug-likeness (QED) is 0.384. The summed E-state index contributed by atoms with van der Waals surface area (Å²) in [5.74, 6) is 0.325. The van der Waals surface area contributed by atoms with E-state index < -0.39 is 0 Å². The van der Waals surface area contributed by atoms with Crippen molar-refractivity contribution in [3.05, 3.63) is 64.5 Å². The van der Waals surface area contributed by atoms with E-state index in [-0.39, 0.29) is 17.7 Å². The van der Waals surface area contributed by atoms with Crippen LogP contribution >= 0.6 is 0 Å². The van der Waals surface area contributed by atoms with Gasteiger partial charge in [0.05, 0.1) is 28.1 Å².